The lowest BCUT2D eigenvalue weighted by Crippen LogP contribution is -2.51. The summed E-state index contributed by atoms with van der Waals surface area (Å²) in [5.41, 5.74) is 1.10. The third-order valence-corrected chi connectivity index (χ3v) is 6.84. The Morgan fingerprint density at radius 2 is 1.79 bits per heavy atom. The van der Waals surface area contributed by atoms with Crippen molar-refractivity contribution in [1.82, 2.24) is 19.9 Å². The summed E-state index contributed by atoms with van der Waals surface area (Å²) in [6.45, 7) is 7.71. The molecule has 2 aliphatic heterocycles. The molecule has 1 aromatic carbocycles. The Bertz CT molecular complexity index is 965. The van der Waals surface area contributed by atoms with Crippen molar-refractivity contribution in [2.75, 3.05) is 46.3 Å². The number of nitrogens with zero attached hydrogens (tertiary/aromatic N) is 4. The monoisotopic (exact) mass is 474 g/mol. The largest absolute Gasteiger partial charge is 0.490 e. The van der Waals surface area contributed by atoms with E-state index in [9.17, 15) is 9.59 Å². The lowest BCUT2D eigenvalue weighted by Gasteiger charge is -2.40. The number of likely N-dealkylation sites (N-methyl/N-ethyl adjacent to an activating group) is 1. The molecule has 0 radical (unpaired) electrons. The zero-order valence-electron chi connectivity index (χ0n) is 19.4. The van der Waals surface area contributed by atoms with E-state index in [1.807, 2.05) is 17.0 Å². The number of hydrogen-bond acceptors (Lipinski definition) is 6. The molecular weight excluding hydrogens is 444 g/mol. The summed E-state index contributed by atoms with van der Waals surface area (Å²) in [5, 5.41) is 4.56. The summed E-state index contributed by atoms with van der Waals surface area (Å²) >= 11 is 6.01. The van der Waals surface area contributed by atoms with Gasteiger partial charge in [-0.3, -0.25) is 9.59 Å². The molecule has 8 nitrogen and oxygen atoms in total. The third-order valence-electron chi connectivity index (χ3n) is 6.59. The van der Waals surface area contributed by atoms with Crippen LogP contribution in [-0.4, -0.2) is 84.1 Å². The molecule has 0 bridgehead atoms. The Hall–Kier alpha value is -2.58. The van der Waals surface area contributed by atoms with Crippen molar-refractivity contribution in [3.8, 4) is 5.75 Å². The molecule has 1 aromatic heterocycles. The van der Waals surface area contributed by atoms with Crippen LogP contribution in [0.15, 0.2) is 28.8 Å². The average molecular weight is 475 g/mol. The van der Waals surface area contributed by atoms with Gasteiger partial charge in [0.25, 0.3) is 5.91 Å². The predicted octanol–water partition coefficient (Wildman–Crippen LogP) is 3.02. The van der Waals surface area contributed by atoms with E-state index in [2.05, 4.69) is 17.1 Å². The standard InChI is InChI=1S/C24H31ClN4O4/c1-16-23(17(2)33-26-16)24(31)29-9-8-21(32-20-6-4-19(25)5-7-20)18(15-29)14-22(30)28-12-10-27(3)11-13-28/h4-7,18,21H,8-15H2,1-3H3/t18-,21-/m0/s1. The molecule has 0 N–H and O–H groups in total. The van der Waals surface area contributed by atoms with Gasteiger partial charge >= 0.3 is 0 Å². The number of rotatable bonds is 5. The zero-order chi connectivity index (χ0) is 23.5. The summed E-state index contributed by atoms with van der Waals surface area (Å²) in [5.74, 6) is 1.12. The zero-order valence-corrected chi connectivity index (χ0v) is 20.2. The van der Waals surface area contributed by atoms with E-state index in [-0.39, 0.29) is 23.8 Å². The molecule has 0 aliphatic carbocycles. The van der Waals surface area contributed by atoms with Gasteiger partial charge in [-0.05, 0) is 45.2 Å². The van der Waals surface area contributed by atoms with Gasteiger partial charge < -0.3 is 24.0 Å². The van der Waals surface area contributed by atoms with Crippen molar-refractivity contribution in [3.63, 3.8) is 0 Å². The van der Waals surface area contributed by atoms with Crippen molar-refractivity contribution in [2.24, 2.45) is 5.92 Å². The van der Waals surface area contributed by atoms with E-state index in [0.29, 0.717) is 53.7 Å². The highest BCUT2D eigenvalue weighted by Gasteiger charge is 2.37. The van der Waals surface area contributed by atoms with E-state index in [1.54, 1.807) is 30.9 Å². The molecule has 2 aliphatic rings. The van der Waals surface area contributed by atoms with Crippen LogP contribution in [0.1, 0.15) is 34.7 Å². The SMILES string of the molecule is Cc1noc(C)c1C(=O)N1CC[C@H](Oc2ccc(Cl)cc2)[C@@H](CC(=O)N2CCN(C)CC2)C1. The van der Waals surface area contributed by atoms with Gasteiger partial charge in [-0.2, -0.15) is 0 Å². The highest BCUT2D eigenvalue weighted by molar-refractivity contribution is 6.30. The Labute approximate surface area is 199 Å². The lowest BCUT2D eigenvalue weighted by atomic mass is 9.90. The molecule has 2 aromatic rings. The Morgan fingerprint density at radius 1 is 1.09 bits per heavy atom. The first-order valence-electron chi connectivity index (χ1n) is 11.4. The number of ether oxygens (including phenoxy) is 1. The van der Waals surface area contributed by atoms with Crippen LogP contribution in [0.25, 0.3) is 0 Å². The van der Waals surface area contributed by atoms with E-state index >= 15 is 0 Å². The summed E-state index contributed by atoms with van der Waals surface area (Å²) < 4.78 is 11.5. The molecular formula is C24H31ClN4O4. The highest BCUT2D eigenvalue weighted by atomic mass is 35.5. The van der Waals surface area contributed by atoms with Gasteiger partial charge in [-0.1, -0.05) is 16.8 Å². The fourth-order valence-corrected chi connectivity index (χ4v) is 4.72. The van der Waals surface area contributed by atoms with E-state index in [1.165, 1.54) is 0 Å². The Kier molecular flexibility index (Phi) is 7.24. The van der Waals surface area contributed by atoms with Crippen LogP contribution in [0, 0.1) is 19.8 Å². The second-order valence-corrected chi connectivity index (χ2v) is 9.43. The topological polar surface area (TPSA) is 79.1 Å². The number of halogens is 1. The predicted molar refractivity (Wildman–Crippen MR) is 125 cm³/mol. The van der Waals surface area contributed by atoms with Crippen molar-refractivity contribution < 1.29 is 18.8 Å². The van der Waals surface area contributed by atoms with E-state index < -0.39 is 0 Å². The minimum absolute atomic E-state index is 0.103. The fraction of sp³-hybridized carbons (Fsp3) is 0.542. The van der Waals surface area contributed by atoms with Crippen molar-refractivity contribution in [1.29, 1.82) is 0 Å². The molecule has 0 spiro atoms. The first-order valence-corrected chi connectivity index (χ1v) is 11.8. The number of likely N-dealkylation sites (tertiary alicyclic amines) is 1. The maximum Gasteiger partial charge on any atom is 0.259 e. The van der Waals surface area contributed by atoms with Gasteiger partial charge in [0.05, 0.1) is 5.69 Å². The van der Waals surface area contributed by atoms with Crippen molar-refractivity contribution >= 4 is 23.4 Å². The highest BCUT2D eigenvalue weighted by Crippen LogP contribution is 2.29. The number of aryl methyl sites for hydroxylation is 2. The van der Waals surface area contributed by atoms with Crippen LogP contribution in [0.5, 0.6) is 5.75 Å². The second kappa shape index (κ2) is 10.1. The quantitative estimate of drug-likeness (QED) is 0.662. The van der Waals surface area contributed by atoms with Gasteiger partial charge in [0.2, 0.25) is 5.91 Å². The molecule has 2 saturated heterocycles. The molecule has 2 amide bonds. The van der Waals surface area contributed by atoms with Crippen LogP contribution < -0.4 is 4.74 Å². The lowest BCUT2D eigenvalue weighted by molar-refractivity contribution is -0.135. The van der Waals surface area contributed by atoms with Gasteiger partial charge in [0.1, 0.15) is 23.2 Å². The summed E-state index contributed by atoms with van der Waals surface area (Å²) in [4.78, 5) is 32.3. The first-order chi connectivity index (χ1) is 15.8. The molecule has 0 unspecified atom stereocenters. The number of benzene rings is 1. The summed E-state index contributed by atoms with van der Waals surface area (Å²) in [7, 11) is 2.07. The van der Waals surface area contributed by atoms with Gasteiger partial charge in [0.15, 0.2) is 0 Å². The summed E-state index contributed by atoms with van der Waals surface area (Å²) in [6.07, 6.45) is 0.808. The van der Waals surface area contributed by atoms with Crippen molar-refractivity contribution in [3.05, 3.63) is 46.3 Å². The molecule has 2 atom stereocenters. The number of carbonyl (C=O) groups excluding carboxylic acids is 2. The van der Waals surface area contributed by atoms with Crippen molar-refractivity contribution in [2.45, 2.75) is 32.8 Å². The number of aromatic nitrogens is 1. The molecule has 3 heterocycles. The van der Waals surface area contributed by atoms with Crippen LogP contribution in [0.2, 0.25) is 5.02 Å². The number of piperazine rings is 1. The van der Waals surface area contributed by atoms with Gasteiger partial charge in [-0.25, -0.2) is 0 Å². The molecule has 9 heteroatoms. The Morgan fingerprint density at radius 3 is 2.42 bits per heavy atom. The first kappa shape index (κ1) is 23.6. The molecule has 4 rings (SSSR count). The second-order valence-electron chi connectivity index (χ2n) is 9.00. The number of carbonyl (C=O) groups is 2. The maximum absolute atomic E-state index is 13.2. The van der Waals surface area contributed by atoms with E-state index in [0.717, 1.165) is 26.2 Å². The molecule has 2 fully saturated rings. The van der Waals surface area contributed by atoms with Crippen LogP contribution in [-0.2, 0) is 4.79 Å². The third kappa shape index (κ3) is 5.50. The van der Waals surface area contributed by atoms with Gasteiger partial charge in [-0.15, -0.1) is 0 Å². The molecule has 33 heavy (non-hydrogen) atoms. The Balaban J connectivity index is 1.49. The maximum atomic E-state index is 13.2. The van der Waals surface area contributed by atoms with E-state index in [4.69, 9.17) is 20.9 Å². The number of piperidine rings is 1. The minimum atomic E-state index is -0.170. The smallest absolute Gasteiger partial charge is 0.259 e. The number of amides is 2. The fourth-order valence-electron chi connectivity index (χ4n) is 4.59. The average Bonchev–Trinajstić information content (AvgIpc) is 3.14. The minimum Gasteiger partial charge on any atom is -0.490 e. The van der Waals surface area contributed by atoms with Gasteiger partial charge in [0, 0.05) is 63.1 Å². The normalized spacial score (nSPS) is 21.8. The number of hydrogen-bond donors (Lipinski definition) is 0. The van der Waals surface area contributed by atoms with Crippen LogP contribution >= 0.6 is 11.6 Å². The molecule has 178 valence electrons. The van der Waals surface area contributed by atoms with Crippen LogP contribution in [0.4, 0.5) is 0 Å². The molecule has 0 saturated carbocycles. The summed E-state index contributed by atoms with van der Waals surface area (Å²) in [6, 6.07) is 7.25. The van der Waals surface area contributed by atoms with Crippen LogP contribution in [0.3, 0.4) is 0 Å².